The number of nitrogens with one attached hydrogen (secondary N) is 2. The van der Waals surface area contributed by atoms with E-state index in [4.69, 9.17) is 4.74 Å². The van der Waals surface area contributed by atoms with Gasteiger partial charge in [-0.25, -0.2) is 14.4 Å². The first-order valence-corrected chi connectivity index (χ1v) is 8.40. The number of halogens is 1. The quantitative estimate of drug-likeness (QED) is 0.671. The maximum atomic E-state index is 13.0. The van der Waals surface area contributed by atoms with Crippen molar-refractivity contribution < 1.29 is 13.9 Å². The van der Waals surface area contributed by atoms with Crippen LogP contribution in [0.15, 0.2) is 60.9 Å². The van der Waals surface area contributed by atoms with Crippen molar-refractivity contribution >= 4 is 17.4 Å². The van der Waals surface area contributed by atoms with E-state index in [1.165, 1.54) is 18.5 Å². The number of hydrogen-bond acceptors (Lipinski definition) is 5. The fraction of sp³-hybridized carbons (Fsp3) is 0.150. The number of nitrogens with zero attached hydrogens (tertiary/aromatic N) is 2. The number of methoxy groups -OCH3 is 1. The lowest BCUT2D eigenvalue weighted by Gasteiger charge is -2.08. The number of hydrogen-bond donors (Lipinski definition) is 2. The predicted molar refractivity (Wildman–Crippen MR) is 101 cm³/mol. The van der Waals surface area contributed by atoms with Gasteiger partial charge in [0.1, 0.15) is 29.4 Å². The van der Waals surface area contributed by atoms with Crippen LogP contribution < -0.4 is 15.4 Å². The molecule has 0 fully saturated rings. The number of carbonyl (C=O) groups is 1. The molecule has 0 bridgehead atoms. The molecule has 6 nitrogen and oxygen atoms in total. The van der Waals surface area contributed by atoms with Gasteiger partial charge in [0.15, 0.2) is 0 Å². The molecular formula is C20H19FN4O2. The van der Waals surface area contributed by atoms with E-state index in [9.17, 15) is 9.18 Å². The van der Waals surface area contributed by atoms with Crippen molar-refractivity contribution in [3.05, 3.63) is 78.0 Å². The van der Waals surface area contributed by atoms with Crippen LogP contribution in [-0.4, -0.2) is 29.5 Å². The summed E-state index contributed by atoms with van der Waals surface area (Å²) in [6, 6.07) is 15.1. The second kappa shape index (κ2) is 8.75. The highest BCUT2D eigenvalue weighted by Gasteiger charge is 2.08. The second-order valence-corrected chi connectivity index (χ2v) is 5.77. The number of ether oxygens (including phenoxy) is 1. The van der Waals surface area contributed by atoms with E-state index in [1.807, 2.05) is 24.3 Å². The molecule has 2 N–H and O–H groups in total. The number of carbonyl (C=O) groups excluding carboxylic acids is 1. The Kier molecular flexibility index (Phi) is 5.94. The lowest BCUT2D eigenvalue weighted by molar-refractivity contribution is 0.0949. The van der Waals surface area contributed by atoms with E-state index in [-0.39, 0.29) is 17.4 Å². The smallest absolute Gasteiger partial charge is 0.270 e. The van der Waals surface area contributed by atoms with Crippen LogP contribution in [0.3, 0.4) is 0 Å². The first kappa shape index (κ1) is 18.3. The molecule has 0 unspecified atom stereocenters. The third-order valence-corrected chi connectivity index (χ3v) is 3.87. The summed E-state index contributed by atoms with van der Waals surface area (Å²) in [5.74, 6) is 0.648. The van der Waals surface area contributed by atoms with Crippen molar-refractivity contribution in [2.45, 2.75) is 6.42 Å². The lowest BCUT2D eigenvalue weighted by Crippen LogP contribution is -2.26. The lowest BCUT2D eigenvalue weighted by atomic mass is 10.1. The van der Waals surface area contributed by atoms with Crippen molar-refractivity contribution in [2.75, 3.05) is 19.0 Å². The van der Waals surface area contributed by atoms with Crippen molar-refractivity contribution in [3.63, 3.8) is 0 Å². The number of benzene rings is 2. The van der Waals surface area contributed by atoms with Crippen LogP contribution in [0.5, 0.6) is 5.75 Å². The minimum absolute atomic E-state index is 0.254. The standard InChI is InChI=1S/C20H19FN4O2/c1-27-17-8-2-14(3-9-17)10-11-22-20(26)18-12-19(24-13-23-18)25-16-6-4-15(21)5-7-16/h2-9,12-13H,10-11H2,1H3,(H,22,26)(H,23,24,25). The molecule has 3 aromatic rings. The minimum Gasteiger partial charge on any atom is -0.497 e. The molecule has 0 aliphatic heterocycles. The zero-order valence-corrected chi connectivity index (χ0v) is 14.8. The summed E-state index contributed by atoms with van der Waals surface area (Å²) in [6.45, 7) is 0.482. The average Bonchev–Trinajstić information content (AvgIpc) is 2.70. The maximum absolute atomic E-state index is 13.0. The van der Waals surface area contributed by atoms with Crippen LogP contribution >= 0.6 is 0 Å². The molecule has 27 heavy (non-hydrogen) atoms. The molecule has 0 atom stereocenters. The molecule has 0 radical (unpaired) electrons. The topological polar surface area (TPSA) is 76.1 Å². The van der Waals surface area contributed by atoms with Gasteiger partial charge in [-0.05, 0) is 48.4 Å². The average molecular weight is 366 g/mol. The van der Waals surface area contributed by atoms with Crippen molar-refractivity contribution in [2.24, 2.45) is 0 Å². The first-order chi connectivity index (χ1) is 13.1. The van der Waals surface area contributed by atoms with Crippen LogP contribution in [0, 0.1) is 5.82 Å². The van der Waals surface area contributed by atoms with Gasteiger partial charge >= 0.3 is 0 Å². The van der Waals surface area contributed by atoms with Gasteiger partial charge in [-0.1, -0.05) is 12.1 Å². The van der Waals surface area contributed by atoms with Crippen molar-refractivity contribution in [3.8, 4) is 5.75 Å². The number of rotatable bonds is 7. The van der Waals surface area contributed by atoms with Gasteiger partial charge in [-0.15, -0.1) is 0 Å². The highest BCUT2D eigenvalue weighted by Crippen LogP contribution is 2.15. The third kappa shape index (κ3) is 5.24. The third-order valence-electron chi connectivity index (χ3n) is 3.87. The van der Waals surface area contributed by atoms with Gasteiger partial charge in [0.25, 0.3) is 5.91 Å². The summed E-state index contributed by atoms with van der Waals surface area (Å²) in [5, 5.41) is 5.85. The van der Waals surface area contributed by atoms with Crippen LogP contribution in [0.2, 0.25) is 0 Å². The van der Waals surface area contributed by atoms with Crippen LogP contribution in [0.4, 0.5) is 15.9 Å². The molecule has 1 amide bonds. The van der Waals surface area contributed by atoms with Gasteiger partial charge in [-0.3, -0.25) is 4.79 Å². The molecule has 1 heterocycles. The molecule has 0 spiro atoms. The number of aromatic nitrogens is 2. The summed E-state index contributed by atoms with van der Waals surface area (Å²) < 4.78 is 18.1. The molecule has 2 aromatic carbocycles. The molecule has 138 valence electrons. The molecular weight excluding hydrogens is 347 g/mol. The number of anilines is 2. The summed E-state index contributed by atoms with van der Waals surface area (Å²) in [5.41, 5.74) is 2.02. The molecule has 3 rings (SSSR count). The monoisotopic (exact) mass is 366 g/mol. The SMILES string of the molecule is COc1ccc(CCNC(=O)c2cc(Nc3ccc(F)cc3)ncn2)cc1. The summed E-state index contributed by atoms with van der Waals surface area (Å²) in [7, 11) is 1.62. The van der Waals surface area contributed by atoms with Gasteiger partial charge in [-0.2, -0.15) is 0 Å². The Labute approximate surface area is 156 Å². The zero-order valence-electron chi connectivity index (χ0n) is 14.8. The van der Waals surface area contributed by atoms with E-state index in [0.717, 1.165) is 11.3 Å². The van der Waals surface area contributed by atoms with E-state index >= 15 is 0 Å². The van der Waals surface area contributed by atoms with Gasteiger partial charge in [0.05, 0.1) is 7.11 Å². The molecule has 0 aliphatic carbocycles. The van der Waals surface area contributed by atoms with E-state index in [0.29, 0.717) is 24.5 Å². The van der Waals surface area contributed by atoms with E-state index in [1.54, 1.807) is 25.3 Å². The van der Waals surface area contributed by atoms with Gasteiger partial charge in [0.2, 0.25) is 0 Å². The Morgan fingerprint density at radius 2 is 1.81 bits per heavy atom. The van der Waals surface area contributed by atoms with Crippen LogP contribution in [-0.2, 0) is 6.42 Å². The molecule has 0 saturated carbocycles. The zero-order chi connectivity index (χ0) is 19.1. The largest absolute Gasteiger partial charge is 0.497 e. The number of amides is 1. The van der Waals surface area contributed by atoms with E-state index in [2.05, 4.69) is 20.6 Å². The fourth-order valence-corrected chi connectivity index (χ4v) is 2.43. The first-order valence-electron chi connectivity index (χ1n) is 8.40. The Morgan fingerprint density at radius 3 is 2.52 bits per heavy atom. The molecule has 0 saturated heterocycles. The molecule has 1 aromatic heterocycles. The maximum Gasteiger partial charge on any atom is 0.270 e. The van der Waals surface area contributed by atoms with Crippen LogP contribution in [0.1, 0.15) is 16.1 Å². The Morgan fingerprint density at radius 1 is 1.07 bits per heavy atom. The normalized spacial score (nSPS) is 10.3. The second-order valence-electron chi connectivity index (χ2n) is 5.77. The Bertz CT molecular complexity index is 899. The summed E-state index contributed by atoms with van der Waals surface area (Å²) >= 11 is 0. The summed E-state index contributed by atoms with van der Waals surface area (Å²) in [6.07, 6.45) is 2.01. The molecule has 7 heteroatoms. The highest BCUT2D eigenvalue weighted by molar-refractivity contribution is 5.92. The van der Waals surface area contributed by atoms with Gasteiger partial charge in [0, 0.05) is 18.3 Å². The van der Waals surface area contributed by atoms with Crippen molar-refractivity contribution in [1.82, 2.24) is 15.3 Å². The van der Waals surface area contributed by atoms with Crippen molar-refractivity contribution in [1.29, 1.82) is 0 Å². The Balaban J connectivity index is 1.55. The molecule has 0 aliphatic rings. The van der Waals surface area contributed by atoms with E-state index < -0.39 is 0 Å². The fourth-order valence-electron chi connectivity index (χ4n) is 2.43. The summed E-state index contributed by atoms with van der Waals surface area (Å²) in [4.78, 5) is 20.4. The van der Waals surface area contributed by atoms with Gasteiger partial charge < -0.3 is 15.4 Å². The highest BCUT2D eigenvalue weighted by atomic mass is 19.1. The van der Waals surface area contributed by atoms with Crippen LogP contribution in [0.25, 0.3) is 0 Å². The minimum atomic E-state index is -0.319. The Hall–Kier alpha value is -3.48. The predicted octanol–water partition coefficient (Wildman–Crippen LogP) is 3.34.